The summed E-state index contributed by atoms with van der Waals surface area (Å²) in [7, 11) is 2.89. The number of nitrogens with one attached hydrogen (secondary N) is 2. The van der Waals surface area contributed by atoms with Crippen LogP contribution in [0.1, 0.15) is 100 Å². The number of hydrogen-bond acceptors (Lipinski definition) is 10. The van der Waals surface area contributed by atoms with Crippen LogP contribution in [0.4, 0.5) is 16.4 Å². The second-order valence-electron chi connectivity index (χ2n) is 13.8. The standard InChI is InChI=1S/C34H49N7O7/c1-11-46-25-18-12-22(13-19-25)30(42)41(48-34(6,7)8)29-21(2)27(38-28-26(20-35-40(28)29)31(43)39(9)45-10)36-23-14-16-24(17-15-23)37-32(44)47-33(3,4)5/h12-13,18-20,23-24H,11,14-17H2,1-10H3,(H,36,38)(H,37,44). The summed E-state index contributed by atoms with van der Waals surface area (Å²) in [5, 5.41) is 13.3. The number of nitrogens with zero attached hydrogens (tertiary/aromatic N) is 5. The van der Waals surface area contributed by atoms with E-state index in [-0.39, 0.29) is 29.1 Å². The van der Waals surface area contributed by atoms with Crippen LogP contribution >= 0.6 is 0 Å². The molecule has 14 nitrogen and oxygen atoms in total. The van der Waals surface area contributed by atoms with Crippen molar-refractivity contribution in [1.82, 2.24) is 25.0 Å². The molecule has 2 aromatic heterocycles. The van der Waals surface area contributed by atoms with E-state index in [1.54, 1.807) is 24.3 Å². The van der Waals surface area contributed by atoms with Crippen LogP contribution in [0.3, 0.4) is 0 Å². The van der Waals surface area contributed by atoms with Gasteiger partial charge in [-0.1, -0.05) is 0 Å². The van der Waals surface area contributed by atoms with Gasteiger partial charge in [-0.2, -0.15) is 14.7 Å². The number of benzene rings is 1. The molecule has 14 heteroatoms. The first-order valence-electron chi connectivity index (χ1n) is 16.2. The number of alkyl carbamates (subject to hydrolysis) is 1. The van der Waals surface area contributed by atoms with E-state index in [1.807, 2.05) is 55.4 Å². The van der Waals surface area contributed by atoms with Crippen LogP contribution in [0.25, 0.3) is 5.65 Å². The molecule has 0 atom stereocenters. The molecule has 48 heavy (non-hydrogen) atoms. The molecule has 1 aromatic carbocycles. The Balaban J connectivity index is 1.74. The Hall–Kier alpha value is -4.43. The molecule has 1 saturated carbocycles. The van der Waals surface area contributed by atoms with Gasteiger partial charge >= 0.3 is 6.09 Å². The summed E-state index contributed by atoms with van der Waals surface area (Å²) < 4.78 is 12.4. The van der Waals surface area contributed by atoms with Crippen molar-refractivity contribution in [3.8, 4) is 5.75 Å². The van der Waals surface area contributed by atoms with Gasteiger partial charge in [0.05, 0.1) is 25.5 Å². The van der Waals surface area contributed by atoms with Crippen molar-refractivity contribution in [2.24, 2.45) is 0 Å². The minimum Gasteiger partial charge on any atom is -0.494 e. The van der Waals surface area contributed by atoms with E-state index in [1.165, 1.54) is 29.9 Å². The molecule has 1 aliphatic carbocycles. The van der Waals surface area contributed by atoms with Crippen LogP contribution < -0.4 is 20.4 Å². The van der Waals surface area contributed by atoms with Crippen LogP contribution in [-0.4, -0.2) is 81.6 Å². The zero-order chi connectivity index (χ0) is 35.4. The van der Waals surface area contributed by atoms with E-state index < -0.39 is 29.1 Å². The van der Waals surface area contributed by atoms with Gasteiger partial charge in [0, 0.05) is 30.3 Å². The summed E-state index contributed by atoms with van der Waals surface area (Å²) in [6.07, 6.45) is 3.92. The lowest BCUT2D eigenvalue weighted by atomic mass is 9.91. The quantitative estimate of drug-likeness (QED) is 0.258. The first kappa shape index (κ1) is 36.4. The van der Waals surface area contributed by atoms with Gasteiger partial charge in [0.1, 0.15) is 22.7 Å². The van der Waals surface area contributed by atoms with Gasteiger partial charge in [0.25, 0.3) is 11.8 Å². The topological polar surface area (TPSA) is 149 Å². The number of aromatic nitrogens is 3. The zero-order valence-electron chi connectivity index (χ0n) is 29.7. The lowest BCUT2D eigenvalue weighted by molar-refractivity contribution is -0.0755. The van der Waals surface area contributed by atoms with Crippen molar-refractivity contribution in [1.29, 1.82) is 0 Å². The maximum absolute atomic E-state index is 14.2. The lowest BCUT2D eigenvalue weighted by Crippen LogP contribution is -2.42. The Labute approximate surface area is 282 Å². The summed E-state index contributed by atoms with van der Waals surface area (Å²) in [6, 6.07) is 6.80. The molecule has 3 aromatic rings. The number of carbonyl (C=O) groups excluding carboxylic acids is 3. The third-order valence-corrected chi connectivity index (χ3v) is 7.59. The number of carbonyl (C=O) groups is 3. The second kappa shape index (κ2) is 14.8. The largest absolute Gasteiger partial charge is 0.494 e. The fourth-order valence-corrected chi connectivity index (χ4v) is 5.32. The molecule has 1 aliphatic rings. The van der Waals surface area contributed by atoms with Gasteiger partial charge in [-0.25, -0.2) is 14.8 Å². The van der Waals surface area contributed by atoms with E-state index in [9.17, 15) is 14.4 Å². The first-order valence-corrected chi connectivity index (χ1v) is 16.2. The summed E-state index contributed by atoms with van der Waals surface area (Å²) in [4.78, 5) is 56.3. The van der Waals surface area contributed by atoms with Gasteiger partial charge < -0.3 is 20.1 Å². The Kier molecular flexibility index (Phi) is 11.2. The number of anilines is 2. The molecular weight excluding hydrogens is 618 g/mol. The Morgan fingerprint density at radius 2 is 1.58 bits per heavy atom. The van der Waals surface area contributed by atoms with E-state index in [2.05, 4.69) is 15.7 Å². The SMILES string of the molecule is CCOc1ccc(C(=O)N(OC(C)(C)C)c2c(C)c(NC3CCC(NC(=O)OC(C)(C)C)CC3)nc3c(C(=O)N(C)OC)cnn23)cc1. The number of ether oxygens (including phenoxy) is 2. The fraction of sp³-hybridized carbons (Fsp3) is 0.559. The van der Waals surface area contributed by atoms with Gasteiger partial charge in [-0.15, -0.1) is 0 Å². The number of hydroxylamine groups is 3. The van der Waals surface area contributed by atoms with Gasteiger partial charge in [0.2, 0.25) is 0 Å². The van der Waals surface area contributed by atoms with Crippen LogP contribution in [0.2, 0.25) is 0 Å². The predicted molar refractivity (Wildman–Crippen MR) is 181 cm³/mol. The average molecular weight is 668 g/mol. The minimum atomic E-state index is -0.794. The highest BCUT2D eigenvalue weighted by Gasteiger charge is 2.33. The molecule has 1 fully saturated rings. The van der Waals surface area contributed by atoms with Crippen LogP contribution in [-0.2, 0) is 14.4 Å². The number of amides is 3. The molecule has 2 N–H and O–H groups in total. The van der Waals surface area contributed by atoms with Crippen molar-refractivity contribution in [3.63, 3.8) is 0 Å². The number of hydrogen-bond donors (Lipinski definition) is 2. The van der Waals surface area contributed by atoms with Crippen molar-refractivity contribution >= 4 is 35.2 Å². The van der Waals surface area contributed by atoms with Crippen molar-refractivity contribution in [3.05, 3.63) is 47.2 Å². The van der Waals surface area contributed by atoms with E-state index in [4.69, 9.17) is 24.1 Å². The highest BCUT2D eigenvalue weighted by Crippen LogP contribution is 2.33. The molecule has 2 heterocycles. The van der Waals surface area contributed by atoms with E-state index >= 15 is 0 Å². The smallest absolute Gasteiger partial charge is 0.407 e. The Bertz CT molecular complexity index is 1600. The van der Waals surface area contributed by atoms with E-state index in [0.717, 1.165) is 30.7 Å². The highest BCUT2D eigenvalue weighted by molar-refractivity contribution is 6.06. The molecule has 3 amide bonds. The number of fused-ring (bicyclic) bond motifs is 1. The Morgan fingerprint density at radius 3 is 2.15 bits per heavy atom. The third-order valence-electron chi connectivity index (χ3n) is 7.59. The average Bonchev–Trinajstić information content (AvgIpc) is 3.42. The van der Waals surface area contributed by atoms with E-state index in [0.29, 0.717) is 29.3 Å². The van der Waals surface area contributed by atoms with Crippen molar-refractivity contribution in [2.45, 2.75) is 104 Å². The monoisotopic (exact) mass is 667 g/mol. The molecule has 0 spiro atoms. The fourth-order valence-electron chi connectivity index (χ4n) is 5.32. The Morgan fingerprint density at radius 1 is 0.958 bits per heavy atom. The normalized spacial score (nSPS) is 16.7. The molecule has 4 rings (SSSR count). The van der Waals surface area contributed by atoms with Crippen molar-refractivity contribution in [2.75, 3.05) is 31.1 Å². The second-order valence-corrected chi connectivity index (χ2v) is 13.8. The predicted octanol–water partition coefficient (Wildman–Crippen LogP) is 5.69. The summed E-state index contributed by atoms with van der Waals surface area (Å²) in [5.74, 6) is 0.490. The third kappa shape index (κ3) is 8.92. The number of rotatable bonds is 10. The molecule has 0 aliphatic heterocycles. The van der Waals surface area contributed by atoms with Crippen LogP contribution in [0.15, 0.2) is 30.5 Å². The minimum absolute atomic E-state index is 0.00528. The first-order chi connectivity index (χ1) is 22.5. The van der Waals surface area contributed by atoms with Crippen molar-refractivity contribution < 1.29 is 33.5 Å². The molecule has 0 unspecified atom stereocenters. The van der Waals surface area contributed by atoms with Gasteiger partial charge in [-0.3, -0.25) is 19.3 Å². The lowest BCUT2D eigenvalue weighted by Gasteiger charge is -2.33. The molecule has 0 bridgehead atoms. The maximum Gasteiger partial charge on any atom is 0.407 e. The molecular formula is C34H49N7O7. The maximum atomic E-state index is 14.2. The zero-order valence-corrected chi connectivity index (χ0v) is 29.7. The summed E-state index contributed by atoms with van der Waals surface area (Å²) in [6.45, 7) is 15.2. The summed E-state index contributed by atoms with van der Waals surface area (Å²) >= 11 is 0. The highest BCUT2D eigenvalue weighted by atomic mass is 16.7. The molecule has 262 valence electrons. The van der Waals surface area contributed by atoms with Crippen LogP contribution in [0, 0.1) is 6.92 Å². The van der Waals surface area contributed by atoms with Crippen LogP contribution in [0.5, 0.6) is 5.75 Å². The van der Waals surface area contributed by atoms with Gasteiger partial charge in [0.15, 0.2) is 11.5 Å². The van der Waals surface area contributed by atoms with Gasteiger partial charge in [-0.05, 0) is 105 Å². The molecule has 0 radical (unpaired) electrons. The molecule has 0 saturated heterocycles. The summed E-state index contributed by atoms with van der Waals surface area (Å²) in [5.41, 5.74) is -0.0274.